The van der Waals surface area contributed by atoms with E-state index >= 15 is 0 Å². The van der Waals surface area contributed by atoms with E-state index in [9.17, 15) is 0 Å². The minimum atomic E-state index is 0.211. The maximum Gasteiger partial charge on any atom is 0.0823 e. The van der Waals surface area contributed by atoms with E-state index in [0.29, 0.717) is 12.6 Å². The van der Waals surface area contributed by atoms with Gasteiger partial charge in [0.05, 0.1) is 6.10 Å². The smallest absolute Gasteiger partial charge is 0.0823 e. The number of nitrogens with two attached hydrogens (primary N) is 1. The Morgan fingerprint density at radius 2 is 2.20 bits per heavy atom. The third kappa shape index (κ3) is 3.74. The summed E-state index contributed by atoms with van der Waals surface area (Å²) in [7, 11) is 0. The Hall–Kier alpha value is -0.120. The van der Waals surface area contributed by atoms with Gasteiger partial charge in [-0.25, -0.2) is 0 Å². The van der Waals surface area contributed by atoms with Gasteiger partial charge in [-0.3, -0.25) is 4.90 Å². The van der Waals surface area contributed by atoms with Gasteiger partial charge in [-0.1, -0.05) is 6.92 Å². The van der Waals surface area contributed by atoms with Gasteiger partial charge in [0.1, 0.15) is 0 Å². The first-order valence-electron chi connectivity index (χ1n) is 6.24. The van der Waals surface area contributed by atoms with Crippen molar-refractivity contribution in [1.82, 2.24) is 4.90 Å². The van der Waals surface area contributed by atoms with Crippen molar-refractivity contribution in [3.63, 3.8) is 0 Å². The first-order chi connectivity index (χ1) is 7.19. The molecule has 0 aromatic heterocycles. The van der Waals surface area contributed by atoms with Gasteiger partial charge in [0.25, 0.3) is 0 Å². The second-order valence-electron chi connectivity index (χ2n) is 4.67. The van der Waals surface area contributed by atoms with Gasteiger partial charge in [-0.15, -0.1) is 0 Å². The van der Waals surface area contributed by atoms with Gasteiger partial charge < -0.3 is 10.5 Å². The van der Waals surface area contributed by atoms with Gasteiger partial charge in [0.15, 0.2) is 0 Å². The van der Waals surface area contributed by atoms with Crippen LogP contribution in [0.25, 0.3) is 0 Å². The summed E-state index contributed by atoms with van der Waals surface area (Å²) in [4.78, 5) is 2.53. The number of ether oxygens (including phenoxy) is 1. The second-order valence-corrected chi connectivity index (χ2v) is 4.67. The third-order valence-electron chi connectivity index (χ3n) is 3.61. The van der Waals surface area contributed by atoms with Crippen molar-refractivity contribution in [2.45, 2.75) is 45.8 Å². The standard InChI is InChI=1S/C12H26N2O/c1-4-15-12(8-13)9-14-7-5-6-10(2)11(14)3/h10-12H,4-9,13H2,1-3H3. The SMILES string of the molecule is CCOC(CN)CN1CCCC(C)C1C. The predicted octanol–water partition coefficient (Wildman–Crippen LogP) is 1.47. The minimum absolute atomic E-state index is 0.211. The lowest BCUT2D eigenvalue weighted by molar-refractivity contribution is 0.0107. The molecule has 0 bridgehead atoms. The summed E-state index contributed by atoms with van der Waals surface area (Å²) in [6.07, 6.45) is 2.89. The molecular formula is C12H26N2O. The van der Waals surface area contributed by atoms with E-state index in [0.717, 1.165) is 19.1 Å². The highest BCUT2D eigenvalue weighted by molar-refractivity contribution is 4.80. The second kappa shape index (κ2) is 6.46. The topological polar surface area (TPSA) is 38.5 Å². The molecule has 1 fully saturated rings. The average Bonchev–Trinajstić information content (AvgIpc) is 2.24. The van der Waals surface area contributed by atoms with E-state index < -0.39 is 0 Å². The van der Waals surface area contributed by atoms with Crippen LogP contribution in [0.4, 0.5) is 0 Å². The molecule has 0 aliphatic carbocycles. The molecule has 3 nitrogen and oxygen atoms in total. The molecule has 0 amide bonds. The number of nitrogens with zero attached hydrogens (tertiary/aromatic N) is 1. The Kier molecular flexibility index (Phi) is 5.58. The minimum Gasteiger partial charge on any atom is -0.376 e. The monoisotopic (exact) mass is 214 g/mol. The molecule has 0 radical (unpaired) electrons. The molecule has 1 rings (SSSR count). The van der Waals surface area contributed by atoms with Crippen molar-refractivity contribution < 1.29 is 4.74 Å². The molecule has 0 spiro atoms. The molecule has 1 saturated heterocycles. The molecule has 1 heterocycles. The first-order valence-corrected chi connectivity index (χ1v) is 6.24. The normalized spacial score (nSPS) is 30.4. The molecule has 3 unspecified atom stereocenters. The number of piperidine rings is 1. The predicted molar refractivity (Wildman–Crippen MR) is 63.9 cm³/mol. The van der Waals surface area contributed by atoms with Crippen molar-refractivity contribution in [2.24, 2.45) is 11.7 Å². The highest BCUT2D eigenvalue weighted by Crippen LogP contribution is 2.22. The van der Waals surface area contributed by atoms with Crippen LogP contribution in [0.15, 0.2) is 0 Å². The highest BCUT2D eigenvalue weighted by Gasteiger charge is 2.26. The lowest BCUT2D eigenvalue weighted by Gasteiger charge is -2.39. The maximum absolute atomic E-state index is 5.70. The largest absolute Gasteiger partial charge is 0.376 e. The molecule has 3 heteroatoms. The first kappa shape index (κ1) is 12.9. The van der Waals surface area contributed by atoms with Crippen LogP contribution < -0.4 is 5.73 Å². The molecule has 1 aliphatic rings. The Balaban J connectivity index is 2.40. The van der Waals surface area contributed by atoms with Crippen molar-refractivity contribution in [3.05, 3.63) is 0 Å². The fourth-order valence-electron chi connectivity index (χ4n) is 2.37. The van der Waals surface area contributed by atoms with Crippen LogP contribution in [0.3, 0.4) is 0 Å². The lowest BCUT2D eigenvalue weighted by atomic mass is 9.92. The molecule has 0 saturated carbocycles. The quantitative estimate of drug-likeness (QED) is 0.753. The van der Waals surface area contributed by atoms with E-state index in [1.165, 1.54) is 19.4 Å². The maximum atomic E-state index is 5.70. The molecule has 90 valence electrons. The van der Waals surface area contributed by atoms with Crippen LogP contribution >= 0.6 is 0 Å². The van der Waals surface area contributed by atoms with E-state index in [1.807, 2.05) is 6.92 Å². The Morgan fingerprint density at radius 3 is 2.80 bits per heavy atom. The highest BCUT2D eigenvalue weighted by atomic mass is 16.5. The summed E-state index contributed by atoms with van der Waals surface area (Å²) >= 11 is 0. The molecule has 1 aliphatic heterocycles. The van der Waals surface area contributed by atoms with Crippen LogP contribution in [0.5, 0.6) is 0 Å². The summed E-state index contributed by atoms with van der Waals surface area (Å²) in [5, 5.41) is 0. The number of likely N-dealkylation sites (tertiary alicyclic amines) is 1. The summed E-state index contributed by atoms with van der Waals surface area (Å²) in [6, 6.07) is 0.674. The molecule has 15 heavy (non-hydrogen) atoms. The van der Waals surface area contributed by atoms with Crippen LogP contribution in [-0.2, 0) is 4.74 Å². The number of hydrogen-bond acceptors (Lipinski definition) is 3. The Bertz CT molecular complexity index is 175. The number of hydrogen-bond donors (Lipinski definition) is 1. The van der Waals surface area contributed by atoms with Gasteiger partial charge in [-0.2, -0.15) is 0 Å². The zero-order chi connectivity index (χ0) is 11.3. The molecular weight excluding hydrogens is 188 g/mol. The van der Waals surface area contributed by atoms with E-state index in [1.54, 1.807) is 0 Å². The zero-order valence-electron chi connectivity index (χ0n) is 10.4. The van der Waals surface area contributed by atoms with Crippen molar-refractivity contribution in [1.29, 1.82) is 0 Å². The van der Waals surface area contributed by atoms with Crippen molar-refractivity contribution in [3.8, 4) is 0 Å². The lowest BCUT2D eigenvalue weighted by Crippen LogP contribution is -2.48. The van der Waals surface area contributed by atoms with Crippen molar-refractivity contribution >= 4 is 0 Å². The van der Waals surface area contributed by atoms with Gasteiger partial charge in [-0.05, 0) is 39.2 Å². The van der Waals surface area contributed by atoms with Crippen LogP contribution in [0, 0.1) is 5.92 Å². The van der Waals surface area contributed by atoms with Gasteiger partial charge in [0.2, 0.25) is 0 Å². The summed E-state index contributed by atoms with van der Waals surface area (Å²) in [6.45, 7) is 10.3. The van der Waals surface area contributed by atoms with Crippen LogP contribution in [-0.4, -0.2) is 43.3 Å². The Morgan fingerprint density at radius 1 is 1.47 bits per heavy atom. The summed E-state index contributed by atoms with van der Waals surface area (Å²) in [5.41, 5.74) is 5.70. The van der Waals surface area contributed by atoms with Gasteiger partial charge in [0, 0.05) is 25.7 Å². The van der Waals surface area contributed by atoms with E-state index in [2.05, 4.69) is 18.7 Å². The summed E-state index contributed by atoms with van der Waals surface area (Å²) in [5.74, 6) is 0.804. The van der Waals surface area contributed by atoms with Crippen LogP contribution in [0.1, 0.15) is 33.6 Å². The van der Waals surface area contributed by atoms with E-state index in [-0.39, 0.29) is 6.10 Å². The van der Waals surface area contributed by atoms with E-state index in [4.69, 9.17) is 10.5 Å². The number of rotatable bonds is 5. The fourth-order valence-corrected chi connectivity index (χ4v) is 2.37. The van der Waals surface area contributed by atoms with Gasteiger partial charge >= 0.3 is 0 Å². The molecule has 0 aromatic carbocycles. The van der Waals surface area contributed by atoms with Crippen LogP contribution in [0.2, 0.25) is 0 Å². The van der Waals surface area contributed by atoms with Crippen molar-refractivity contribution in [2.75, 3.05) is 26.2 Å². The fraction of sp³-hybridized carbons (Fsp3) is 1.00. The molecule has 3 atom stereocenters. The summed E-state index contributed by atoms with van der Waals surface area (Å²) < 4.78 is 5.61. The molecule has 0 aromatic rings. The zero-order valence-corrected chi connectivity index (χ0v) is 10.4. The Labute approximate surface area is 94.0 Å². The molecule has 2 N–H and O–H groups in total. The average molecular weight is 214 g/mol. The third-order valence-corrected chi connectivity index (χ3v) is 3.61.